The van der Waals surface area contributed by atoms with Gasteiger partial charge in [0, 0.05) is 17.6 Å². The summed E-state index contributed by atoms with van der Waals surface area (Å²) in [5.41, 5.74) is 0.762. The van der Waals surface area contributed by atoms with Crippen LogP contribution in [0.15, 0.2) is 24.3 Å². The number of carbonyl (C=O) groups excluding carboxylic acids is 1. The summed E-state index contributed by atoms with van der Waals surface area (Å²) in [6.07, 6.45) is 7.58. The fraction of sp³-hybridized carbons (Fsp3) is 0.611. The fourth-order valence-corrected chi connectivity index (χ4v) is 4.00. The summed E-state index contributed by atoms with van der Waals surface area (Å²) in [7, 11) is 0. The maximum Gasteiger partial charge on any atom is 0.230 e. The molecule has 1 atom stereocenters. The molecule has 1 aromatic rings. The second kappa shape index (κ2) is 7.01. The third kappa shape index (κ3) is 3.31. The number of halogens is 1. The third-order valence-corrected chi connectivity index (χ3v) is 5.42. The van der Waals surface area contributed by atoms with E-state index in [0.29, 0.717) is 0 Å². The predicted octanol–water partition coefficient (Wildman–Crippen LogP) is 3.41. The molecule has 1 saturated heterocycles. The maximum atomic E-state index is 13.1. The van der Waals surface area contributed by atoms with Gasteiger partial charge in [0.15, 0.2) is 0 Å². The first-order valence-corrected chi connectivity index (χ1v) is 8.86. The lowest BCUT2D eigenvalue weighted by atomic mass is 9.68. The van der Waals surface area contributed by atoms with E-state index < -0.39 is 0 Å². The van der Waals surface area contributed by atoms with Crippen LogP contribution in [0.4, 0.5) is 0 Å². The van der Waals surface area contributed by atoms with E-state index in [-0.39, 0.29) is 17.4 Å². The third-order valence-electron chi connectivity index (χ3n) is 5.17. The highest BCUT2D eigenvalue weighted by atomic mass is 35.5. The lowest BCUT2D eigenvalue weighted by Gasteiger charge is -2.38. The van der Waals surface area contributed by atoms with Crippen molar-refractivity contribution in [1.29, 1.82) is 0 Å². The van der Waals surface area contributed by atoms with Crippen molar-refractivity contribution in [3.05, 3.63) is 34.9 Å². The highest BCUT2D eigenvalue weighted by Crippen LogP contribution is 2.40. The number of hydrogen-bond donors (Lipinski definition) is 2. The van der Waals surface area contributed by atoms with E-state index in [1.807, 2.05) is 24.3 Å². The summed E-state index contributed by atoms with van der Waals surface area (Å²) in [4.78, 5) is 13.1. The van der Waals surface area contributed by atoms with Crippen molar-refractivity contribution < 1.29 is 4.79 Å². The van der Waals surface area contributed by atoms with Crippen LogP contribution in [-0.4, -0.2) is 25.0 Å². The van der Waals surface area contributed by atoms with E-state index in [4.69, 9.17) is 11.6 Å². The number of amides is 1. The average Bonchev–Trinajstić information content (AvgIpc) is 2.57. The van der Waals surface area contributed by atoms with Gasteiger partial charge in [-0.25, -0.2) is 0 Å². The van der Waals surface area contributed by atoms with Crippen molar-refractivity contribution >= 4 is 17.5 Å². The van der Waals surface area contributed by atoms with Crippen molar-refractivity contribution in [2.45, 2.75) is 56.4 Å². The Balaban J connectivity index is 1.81. The molecule has 120 valence electrons. The van der Waals surface area contributed by atoms with Gasteiger partial charge in [0.1, 0.15) is 0 Å². The Kier molecular flexibility index (Phi) is 5.04. The van der Waals surface area contributed by atoms with E-state index in [0.717, 1.165) is 62.2 Å². The second-order valence-electron chi connectivity index (χ2n) is 6.67. The maximum absolute atomic E-state index is 13.1. The highest BCUT2D eigenvalue weighted by Gasteiger charge is 2.41. The lowest BCUT2D eigenvalue weighted by Crippen LogP contribution is -2.53. The van der Waals surface area contributed by atoms with Gasteiger partial charge in [0.25, 0.3) is 0 Å². The highest BCUT2D eigenvalue weighted by molar-refractivity contribution is 6.30. The second-order valence-corrected chi connectivity index (χ2v) is 7.10. The minimum absolute atomic E-state index is 0.211. The molecule has 0 spiro atoms. The SMILES string of the molecule is O=C(N[C@@H]1CCCNC1)C1(c2ccc(Cl)cc2)CCCCC1. The monoisotopic (exact) mass is 320 g/mol. The van der Waals surface area contributed by atoms with Gasteiger partial charge in [-0.15, -0.1) is 0 Å². The van der Waals surface area contributed by atoms with Gasteiger partial charge in [0.2, 0.25) is 5.91 Å². The Bertz CT molecular complexity index is 502. The number of nitrogens with one attached hydrogen (secondary N) is 2. The molecule has 3 rings (SSSR count). The Labute approximate surface area is 137 Å². The first-order valence-electron chi connectivity index (χ1n) is 8.48. The van der Waals surface area contributed by atoms with Gasteiger partial charge >= 0.3 is 0 Å². The molecular formula is C18H25ClN2O. The molecule has 1 saturated carbocycles. The van der Waals surface area contributed by atoms with Gasteiger partial charge in [-0.2, -0.15) is 0 Å². The van der Waals surface area contributed by atoms with Gasteiger partial charge in [-0.1, -0.05) is 43.0 Å². The fourth-order valence-electron chi connectivity index (χ4n) is 3.87. The predicted molar refractivity (Wildman–Crippen MR) is 90.2 cm³/mol. The number of carbonyl (C=O) groups is 1. The molecule has 2 N–H and O–H groups in total. The number of hydrogen-bond acceptors (Lipinski definition) is 2. The quantitative estimate of drug-likeness (QED) is 0.896. The Morgan fingerprint density at radius 2 is 1.86 bits per heavy atom. The molecule has 0 unspecified atom stereocenters. The van der Waals surface area contributed by atoms with E-state index in [1.165, 1.54) is 6.42 Å². The zero-order valence-corrected chi connectivity index (χ0v) is 13.8. The van der Waals surface area contributed by atoms with Crippen molar-refractivity contribution in [2.24, 2.45) is 0 Å². The van der Waals surface area contributed by atoms with Crippen LogP contribution in [0.1, 0.15) is 50.5 Å². The number of benzene rings is 1. The Morgan fingerprint density at radius 1 is 1.14 bits per heavy atom. The van der Waals surface area contributed by atoms with Crippen LogP contribution >= 0.6 is 11.6 Å². The lowest BCUT2D eigenvalue weighted by molar-refractivity contribution is -0.129. The molecule has 0 radical (unpaired) electrons. The van der Waals surface area contributed by atoms with Crippen molar-refractivity contribution in [3.63, 3.8) is 0 Å². The van der Waals surface area contributed by atoms with Crippen LogP contribution in [0.25, 0.3) is 0 Å². The largest absolute Gasteiger partial charge is 0.351 e. The minimum Gasteiger partial charge on any atom is -0.351 e. The van der Waals surface area contributed by atoms with Gasteiger partial charge in [0.05, 0.1) is 5.41 Å². The van der Waals surface area contributed by atoms with E-state index >= 15 is 0 Å². The van der Waals surface area contributed by atoms with Gasteiger partial charge in [-0.3, -0.25) is 4.79 Å². The molecule has 3 nitrogen and oxygen atoms in total. The molecule has 1 amide bonds. The summed E-state index contributed by atoms with van der Waals surface area (Å²) in [5, 5.41) is 7.41. The van der Waals surface area contributed by atoms with E-state index in [1.54, 1.807) is 0 Å². The van der Waals surface area contributed by atoms with Gasteiger partial charge < -0.3 is 10.6 Å². The molecule has 22 heavy (non-hydrogen) atoms. The molecule has 1 aliphatic carbocycles. The van der Waals surface area contributed by atoms with E-state index in [2.05, 4.69) is 10.6 Å². The zero-order chi connectivity index (χ0) is 15.4. The number of rotatable bonds is 3. The first-order chi connectivity index (χ1) is 10.7. The van der Waals surface area contributed by atoms with Crippen LogP contribution in [0.2, 0.25) is 5.02 Å². The Morgan fingerprint density at radius 3 is 2.50 bits per heavy atom. The number of piperidine rings is 1. The van der Waals surface area contributed by atoms with Crippen molar-refractivity contribution in [3.8, 4) is 0 Å². The van der Waals surface area contributed by atoms with Crippen molar-refractivity contribution in [2.75, 3.05) is 13.1 Å². The standard InChI is InChI=1S/C18H25ClN2O/c19-15-8-6-14(7-9-15)18(10-2-1-3-11-18)17(22)21-16-5-4-12-20-13-16/h6-9,16,20H,1-5,10-13H2,(H,21,22)/t16-/m1/s1. The minimum atomic E-state index is -0.361. The normalized spacial score (nSPS) is 24.7. The first kappa shape index (κ1) is 15.8. The smallest absolute Gasteiger partial charge is 0.230 e. The molecular weight excluding hydrogens is 296 g/mol. The zero-order valence-electron chi connectivity index (χ0n) is 13.0. The topological polar surface area (TPSA) is 41.1 Å². The Hall–Kier alpha value is -1.06. The van der Waals surface area contributed by atoms with E-state index in [9.17, 15) is 4.79 Å². The molecule has 1 aromatic carbocycles. The van der Waals surface area contributed by atoms with Crippen LogP contribution in [-0.2, 0) is 10.2 Å². The molecule has 1 heterocycles. The summed E-state index contributed by atoms with van der Waals surface area (Å²) in [6, 6.07) is 8.15. The summed E-state index contributed by atoms with van der Waals surface area (Å²) in [6.45, 7) is 1.96. The molecule has 2 fully saturated rings. The molecule has 2 aliphatic rings. The summed E-state index contributed by atoms with van der Waals surface area (Å²) in [5.74, 6) is 0.211. The van der Waals surface area contributed by atoms with Crippen molar-refractivity contribution in [1.82, 2.24) is 10.6 Å². The van der Waals surface area contributed by atoms with Gasteiger partial charge in [-0.05, 0) is 49.9 Å². The van der Waals surface area contributed by atoms with Crippen LogP contribution in [0.5, 0.6) is 0 Å². The van der Waals surface area contributed by atoms with Crippen LogP contribution in [0.3, 0.4) is 0 Å². The molecule has 1 aliphatic heterocycles. The van der Waals surface area contributed by atoms with Crippen LogP contribution < -0.4 is 10.6 Å². The average molecular weight is 321 g/mol. The molecule has 4 heteroatoms. The summed E-state index contributed by atoms with van der Waals surface area (Å²) >= 11 is 6.02. The van der Waals surface area contributed by atoms with Crippen LogP contribution in [0, 0.1) is 0 Å². The molecule has 0 bridgehead atoms. The summed E-state index contributed by atoms with van der Waals surface area (Å²) < 4.78 is 0. The molecule has 0 aromatic heterocycles.